The van der Waals surface area contributed by atoms with Crippen LogP contribution in [0.4, 0.5) is 0 Å². The van der Waals surface area contributed by atoms with Gasteiger partial charge in [-0.2, -0.15) is 0 Å². The number of nitrogens with two attached hydrogens (primary N) is 1. The zero-order chi connectivity index (χ0) is 15.5. The van der Waals surface area contributed by atoms with Crippen LogP contribution in [0.3, 0.4) is 0 Å². The molecule has 3 nitrogen and oxygen atoms in total. The van der Waals surface area contributed by atoms with Gasteiger partial charge in [-0.3, -0.25) is 4.98 Å². The van der Waals surface area contributed by atoms with Gasteiger partial charge in [-0.05, 0) is 29.7 Å². The van der Waals surface area contributed by atoms with Crippen LogP contribution in [0.2, 0.25) is 0 Å². The van der Waals surface area contributed by atoms with Crippen LogP contribution < -0.4 is 5.73 Å². The topological polar surface area (TPSA) is 59.1 Å². The van der Waals surface area contributed by atoms with Crippen LogP contribution in [0.1, 0.15) is 22.7 Å². The predicted octanol–water partition coefficient (Wildman–Crippen LogP) is 3.72. The number of allylic oxidation sites excluding steroid dienone is 1. The standard InChI is InChI=1S/C19H18N2O/c1-2-6-13-8-5-9-16(19(13)22)18(20)15-11-14-7-3-4-10-17(14)21-12-15/h2-5,7-12,18,22H,1,6,20H2. The summed E-state index contributed by atoms with van der Waals surface area (Å²) in [6, 6.07) is 15.1. The van der Waals surface area contributed by atoms with Crippen molar-refractivity contribution in [2.45, 2.75) is 12.5 Å². The number of fused-ring (bicyclic) bond motifs is 1. The summed E-state index contributed by atoms with van der Waals surface area (Å²) < 4.78 is 0. The van der Waals surface area contributed by atoms with Gasteiger partial charge in [0, 0.05) is 17.1 Å². The Morgan fingerprint density at radius 2 is 2.00 bits per heavy atom. The van der Waals surface area contributed by atoms with Gasteiger partial charge in [0.25, 0.3) is 0 Å². The van der Waals surface area contributed by atoms with Crippen LogP contribution in [0.25, 0.3) is 10.9 Å². The maximum atomic E-state index is 10.4. The summed E-state index contributed by atoms with van der Waals surface area (Å²) in [6.07, 6.45) is 4.15. The van der Waals surface area contributed by atoms with E-state index in [0.29, 0.717) is 12.0 Å². The van der Waals surface area contributed by atoms with Crippen molar-refractivity contribution < 1.29 is 5.11 Å². The molecule has 3 aromatic rings. The Morgan fingerprint density at radius 3 is 2.82 bits per heavy atom. The molecule has 1 heterocycles. The minimum Gasteiger partial charge on any atom is -0.507 e. The number of pyridine rings is 1. The lowest BCUT2D eigenvalue weighted by molar-refractivity contribution is 0.459. The number of aromatic hydroxyl groups is 1. The molecule has 0 radical (unpaired) electrons. The molecule has 0 amide bonds. The number of phenolic OH excluding ortho intramolecular Hbond substituents is 1. The number of para-hydroxylation sites is 2. The van der Waals surface area contributed by atoms with Crippen LogP contribution in [0, 0.1) is 0 Å². The largest absolute Gasteiger partial charge is 0.507 e. The van der Waals surface area contributed by atoms with Gasteiger partial charge in [-0.25, -0.2) is 0 Å². The molecule has 0 aliphatic rings. The molecule has 0 saturated heterocycles. The monoisotopic (exact) mass is 290 g/mol. The molecule has 110 valence electrons. The molecule has 0 aliphatic carbocycles. The van der Waals surface area contributed by atoms with Gasteiger partial charge in [0.2, 0.25) is 0 Å². The van der Waals surface area contributed by atoms with Crippen LogP contribution >= 0.6 is 0 Å². The second-order valence-electron chi connectivity index (χ2n) is 5.29. The number of phenols is 1. The Kier molecular flexibility index (Phi) is 3.90. The highest BCUT2D eigenvalue weighted by Gasteiger charge is 2.16. The Bertz CT molecular complexity index is 827. The van der Waals surface area contributed by atoms with Crippen molar-refractivity contribution >= 4 is 10.9 Å². The van der Waals surface area contributed by atoms with Crippen LogP contribution in [-0.4, -0.2) is 10.1 Å². The first-order chi connectivity index (χ1) is 10.7. The highest BCUT2D eigenvalue weighted by Crippen LogP contribution is 2.31. The number of hydrogen-bond donors (Lipinski definition) is 2. The molecule has 0 spiro atoms. The lowest BCUT2D eigenvalue weighted by Crippen LogP contribution is -2.13. The van der Waals surface area contributed by atoms with E-state index >= 15 is 0 Å². The molecule has 1 aromatic heterocycles. The fraction of sp³-hybridized carbons (Fsp3) is 0.105. The summed E-state index contributed by atoms with van der Waals surface area (Å²) in [5, 5.41) is 11.5. The van der Waals surface area contributed by atoms with E-state index in [1.54, 1.807) is 12.3 Å². The van der Waals surface area contributed by atoms with Crippen molar-refractivity contribution in [2.24, 2.45) is 5.73 Å². The van der Waals surface area contributed by atoms with Crippen molar-refractivity contribution in [2.75, 3.05) is 0 Å². The van der Waals surface area contributed by atoms with Crippen molar-refractivity contribution in [3.05, 3.63) is 84.1 Å². The van der Waals surface area contributed by atoms with Crippen molar-refractivity contribution in [1.29, 1.82) is 0 Å². The predicted molar refractivity (Wildman–Crippen MR) is 89.8 cm³/mol. The van der Waals surface area contributed by atoms with Crippen molar-refractivity contribution in [1.82, 2.24) is 4.98 Å². The van der Waals surface area contributed by atoms with Crippen molar-refractivity contribution in [3.63, 3.8) is 0 Å². The zero-order valence-corrected chi connectivity index (χ0v) is 12.2. The number of nitrogens with zero attached hydrogens (tertiary/aromatic N) is 1. The molecule has 0 bridgehead atoms. The van der Waals surface area contributed by atoms with Gasteiger partial charge in [0.1, 0.15) is 5.75 Å². The highest BCUT2D eigenvalue weighted by molar-refractivity contribution is 5.79. The van der Waals surface area contributed by atoms with E-state index in [4.69, 9.17) is 5.73 Å². The minimum absolute atomic E-state index is 0.239. The summed E-state index contributed by atoms with van der Waals surface area (Å²) in [6.45, 7) is 3.71. The third-order valence-corrected chi connectivity index (χ3v) is 3.82. The zero-order valence-electron chi connectivity index (χ0n) is 12.2. The van der Waals surface area contributed by atoms with Crippen LogP contribution in [0.15, 0.2) is 67.4 Å². The first-order valence-electron chi connectivity index (χ1n) is 7.22. The highest BCUT2D eigenvalue weighted by atomic mass is 16.3. The van der Waals surface area contributed by atoms with E-state index in [1.807, 2.05) is 48.5 Å². The van der Waals surface area contributed by atoms with E-state index in [-0.39, 0.29) is 5.75 Å². The number of hydrogen-bond acceptors (Lipinski definition) is 3. The number of benzene rings is 2. The van der Waals surface area contributed by atoms with Gasteiger partial charge in [-0.1, -0.05) is 42.5 Å². The lowest BCUT2D eigenvalue weighted by atomic mass is 9.96. The Labute approximate surface area is 129 Å². The summed E-state index contributed by atoms with van der Waals surface area (Å²) in [5.74, 6) is 0.239. The molecule has 3 heteroatoms. The van der Waals surface area contributed by atoms with Crippen molar-refractivity contribution in [3.8, 4) is 5.75 Å². The molecule has 3 rings (SSSR count). The number of aromatic nitrogens is 1. The second kappa shape index (κ2) is 6.00. The Morgan fingerprint density at radius 1 is 1.18 bits per heavy atom. The Balaban J connectivity index is 2.03. The average Bonchev–Trinajstić information content (AvgIpc) is 2.56. The molecular weight excluding hydrogens is 272 g/mol. The molecule has 0 aliphatic heterocycles. The van der Waals surface area contributed by atoms with E-state index < -0.39 is 6.04 Å². The quantitative estimate of drug-likeness (QED) is 0.720. The van der Waals surface area contributed by atoms with E-state index in [2.05, 4.69) is 11.6 Å². The van der Waals surface area contributed by atoms with Crippen LogP contribution in [-0.2, 0) is 6.42 Å². The fourth-order valence-electron chi connectivity index (χ4n) is 2.62. The lowest BCUT2D eigenvalue weighted by Gasteiger charge is -2.16. The Hall–Kier alpha value is -2.65. The normalized spacial score (nSPS) is 12.2. The maximum absolute atomic E-state index is 10.4. The van der Waals surface area contributed by atoms with Gasteiger partial charge in [0.15, 0.2) is 0 Å². The van der Waals surface area contributed by atoms with Gasteiger partial charge < -0.3 is 10.8 Å². The molecule has 22 heavy (non-hydrogen) atoms. The molecule has 1 atom stereocenters. The second-order valence-corrected chi connectivity index (χ2v) is 5.29. The summed E-state index contributed by atoms with van der Waals surface area (Å²) in [4.78, 5) is 4.44. The number of rotatable bonds is 4. The minimum atomic E-state index is -0.415. The van der Waals surface area contributed by atoms with Crippen LogP contribution in [0.5, 0.6) is 5.75 Å². The molecule has 0 fully saturated rings. The van der Waals surface area contributed by atoms with E-state index in [1.165, 1.54) is 0 Å². The van der Waals surface area contributed by atoms with Gasteiger partial charge in [0.05, 0.1) is 11.6 Å². The molecular formula is C19H18N2O. The first kappa shape index (κ1) is 14.3. The van der Waals surface area contributed by atoms with Gasteiger partial charge >= 0.3 is 0 Å². The third kappa shape index (κ3) is 2.59. The maximum Gasteiger partial charge on any atom is 0.124 e. The average molecular weight is 290 g/mol. The smallest absolute Gasteiger partial charge is 0.124 e. The van der Waals surface area contributed by atoms with E-state index in [0.717, 1.165) is 22.0 Å². The first-order valence-corrected chi connectivity index (χ1v) is 7.22. The van der Waals surface area contributed by atoms with E-state index in [9.17, 15) is 5.11 Å². The fourth-order valence-corrected chi connectivity index (χ4v) is 2.62. The summed E-state index contributed by atoms with van der Waals surface area (Å²) in [7, 11) is 0. The van der Waals surface area contributed by atoms with Gasteiger partial charge in [-0.15, -0.1) is 6.58 Å². The molecule has 2 aromatic carbocycles. The molecule has 1 unspecified atom stereocenters. The summed E-state index contributed by atoms with van der Waals surface area (Å²) >= 11 is 0. The summed E-state index contributed by atoms with van der Waals surface area (Å²) in [5.41, 5.74) is 9.70. The molecule has 3 N–H and O–H groups in total. The third-order valence-electron chi connectivity index (χ3n) is 3.82. The molecule has 0 saturated carbocycles. The SMILES string of the molecule is C=CCc1cccc(C(N)c2cnc3ccccc3c2)c1O.